The maximum absolute atomic E-state index is 13.3. The van der Waals surface area contributed by atoms with Crippen molar-refractivity contribution in [1.82, 2.24) is 0 Å². The molecule has 0 fully saturated rings. The van der Waals surface area contributed by atoms with E-state index >= 15 is 0 Å². The van der Waals surface area contributed by atoms with Crippen LogP contribution in [-0.2, 0) is 5.60 Å². The summed E-state index contributed by atoms with van der Waals surface area (Å²) in [6, 6.07) is 7.56. The Morgan fingerprint density at radius 2 is 1.62 bits per heavy atom. The second kappa shape index (κ2) is 7.88. The Balaban J connectivity index is 3.15. The lowest BCUT2D eigenvalue weighted by molar-refractivity contribution is -0.0975. The van der Waals surface area contributed by atoms with Crippen LogP contribution in [0.5, 0.6) is 0 Å². The molecule has 1 nitrogen and oxygen atoms in total. The number of alkyl halides is 2. The third kappa shape index (κ3) is 4.03. The van der Waals surface area contributed by atoms with Crippen LogP contribution in [0.15, 0.2) is 24.3 Å². The van der Waals surface area contributed by atoms with Crippen molar-refractivity contribution in [2.45, 2.75) is 71.3 Å². The van der Waals surface area contributed by atoms with Crippen LogP contribution >= 0.6 is 0 Å². The largest absolute Gasteiger partial charge is 0.385 e. The van der Waals surface area contributed by atoms with Gasteiger partial charge < -0.3 is 5.11 Å². The normalized spacial score (nSPS) is 17.5. The lowest BCUT2D eigenvalue weighted by atomic mass is 9.76. The number of hydrogen-bond acceptors (Lipinski definition) is 1. The molecule has 0 aliphatic rings. The van der Waals surface area contributed by atoms with Crippen LogP contribution in [0.4, 0.5) is 8.78 Å². The zero-order valence-corrected chi connectivity index (χ0v) is 13.6. The van der Waals surface area contributed by atoms with E-state index in [9.17, 15) is 13.9 Å². The third-order valence-electron chi connectivity index (χ3n) is 4.58. The Labute approximate surface area is 127 Å². The second-order valence-electron chi connectivity index (χ2n) is 5.95. The van der Waals surface area contributed by atoms with Gasteiger partial charge in [0.2, 0.25) is 6.43 Å². The third-order valence-corrected chi connectivity index (χ3v) is 4.58. The van der Waals surface area contributed by atoms with Crippen LogP contribution in [0, 0.1) is 5.92 Å². The van der Waals surface area contributed by atoms with E-state index in [1.54, 1.807) is 6.92 Å². The molecule has 0 amide bonds. The Morgan fingerprint density at radius 3 is 2.00 bits per heavy atom. The molecule has 1 rings (SSSR count). The van der Waals surface area contributed by atoms with Crippen LogP contribution in [0.25, 0.3) is 0 Å². The Kier molecular flexibility index (Phi) is 6.79. The zero-order chi connectivity index (χ0) is 16.0. The lowest BCUT2D eigenvalue weighted by Crippen LogP contribution is -2.39. The molecule has 0 radical (unpaired) electrons. The van der Waals surface area contributed by atoms with Crippen molar-refractivity contribution in [3.8, 4) is 0 Å². The van der Waals surface area contributed by atoms with Gasteiger partial charge in [-0.3, -0.25) is 0 Å². The van der Waals surface area contributed by atoms with Gasteiger partial charge in [-0.1, -0.05) is 58.4 Å². The molecule has 0 saturated heterocycles. The Bertz CT molecular complexity index is 416. The first-order valence-electron chi connectivity index (χ1n) is 8.01. The predicted octanol–water partition coefficient (Wildman–Crippen LogP) is 5.48. The number of rotatable bonds is 8. The molecule has 0 aromatic heterocycles. The maximum atomic E-state index is 13.3. The molecule has 1 aromatic carbocycles. The monoisotopic (exact) mass is 298 g/mol. The van der Waals surface area contributed by atoms with Crippen LogP contribution in [0.3, 0.4) is 0 Å². The SMILES string of the molecule is CCCC(O)(c1ccc(C(C)CC)cc1)C(CC)C(F)F. The highest BCUT2D eigenvalue weighted by Gasteiger charge is 2.41. The van der Waals surface area contributed by atoms with Crippen LogP contribution in [-0.4, -0.2) is 11.5 Å². The summed E-state index contributed by atoms with van der Waals surface area (Å²) < 4.78 is 26.6. The summed E-state index contributed by atoms with van der Waals surface area (Å²) in [5, 5.41) is 10.9. The fraction of sp³-hybridized carbons (Fsp3) is 0.667. The molecule has 0 saturated carbocycles. The van der Waals surface area contributed by atoms with Gasteiger partial charge in [0.1, 0.15) is 0 Å². The van der Waals surface area contributed by atoms with Crippen LogP contribution < -0.4 is 0 Å². The minimum absolute atomic E-state index is 0.265. The highest BCUT2D eigenvalue weighted by Crippen LogP contribution is 2.40. The fourth-order valence-corrected chi connectivity index (χ4v) is 2.99. The van der Waals surface area contributed by atoms with Gasteiger partial charge >= 0.3 is 0 Å². The van der Waals surface area contributed by atoms with Crippen molar-refractivity contribution in [2.75, 3.05) is 0 Å². The lowest BCUT2D eigenvalue weighted by Gasteiger charge is -2.36. The smallest absolute Gasteiger partial charge is 0.244 e. The topological polar surface area (TPSA) is 20.2 Å². The molecule has 21 heavy (non-hydrogen) atoms. The quantitative estimate of drug-likeness (QED) is 0.674. The molecule has 120 valence electrons. The van der Waals surface area contributed by atoms with Crippen molar-refractivity contribution in [2.24, 2.45) is 5.92 Å². The molecule has 0 bridgehead atoms. The molecular weight excluding hydrogens is 270 g/mol. The van der Waals surface area contributed by atoms with Crippen LogP contribution in [0.2, 0.25) is 0 Å². The van der Waals surface area contributed by atoms with Gasteiger partial charge in [-0.15, -0.1) is 0 Å². The second-order valence-corrected chi connectivity index (χ2v) is 5.95. The molecule has 3 unspecified atom stereocenters. The first kappa shape index (κ1) is 18.1. The Hall–Kier alpha value is -0.960. The molecule has 0 heterocycles. The standard InChI is InChI=1S/C18H28F2O/c1-5-12-18(21,16(7-3)17(19)20)15-10-8-14(9-11-15)13(4)6-2/h8-11,13,16-17,21H,5-7,12H2,1-4H3. The summed E-state index contributed by atoms with van der Waals surface area (Å²) in [7, 11) is 0. The highest BCUT2D eigenvalue weighted by atomic mass is 19.3. The van der Waals surface area contributed by atoms with Crippen LogP contribution in [0.1, 0.15) is 70.4 Å². The maximum Gasteiger partial charge on any atom is 0.244 e. The first-order chi connectivity index (χ1) is 9.90. The molecule has 0 aliphatic carbocycles. The molecule has 3 atom stereocenters. The molecule has 1 N–H and O–H groups in total. The van der Waals surface area contributed by atoms with E-state index in [0.29, 0.717) is 24.3 Å². The van der Waals surface area contributed by atoms with E-state index in [1.165, 1.54) is 5.56 Å². The van der Waals surface area contributed by atoms with E-state index in [1.807, 2.05) is 31.2 Å². The first-order valence-corrected chi connectivity index (χ1v) is 8.01. The van der Waals surface area contributed by atoms with E-state index in [-0.39, 0.29) is 6.42 Å². The van der Waals surface area contributed by atoms with Crippen molar-refractivity contribution < 1.29 is 13.9 Å². The number of hydrogen-bond donors (Lipinski definition) is 1. The number of aliphatic hydroxyl groups is 1. The number of benzene rings is 1. The average molecular weight is 298 g/mol. The summed E-state index contributed by atoms with van der Waals surface area (Å²) >= 11 is 0. The van der Waals surface area contributed by atoms with Crippen molar-refractivity contribution in [3.05, 3.63) is 35.4 Å². The molecule has 0 aliphatic heterocycles. The minimum Gasteiger partial charge on any atom is -0.385 e. The van der Waals surface area contributed by atoms with Gasteiger partial charge in [0, 0.05) is 0 Å². The average Bonchev–Trinajstić information content (AvgIpc) is 2.47. The van der Waals surface area contributed by atoms with E-state index in [4.69, 9.17) is 0 Å². The van der Waals surface area contributed by atoms with Gasteiger partial charge in [0.25, 0.3) is 0 Å². The summed E-state index contributed by atoms with van der Waals surface area (Å²) in [6.45, 7) is 7.89. The van der Waals surface area contributed by atoms with Gasteiger partial charge in [-0.05, 0) is 36.3 Å². The zero-order valence-electron chi connectivity index (χ0n) is 13.6. The Morgan fingerprint density at radius 1 is 1.05 bits per heavy atom. The van der Waals surface area contributed by atoms with Gasteiger partial charge in [-0.2, -0.15) is 0 Å². The molecular formula is C18H28F2O. The van der Waals surface area contributed by atoms with E-state index in [2.05, 4.69) is 13.8 Å². The highest BCUT2D eigenvalue weighted by molar-refractivity contribution is 5.29. The summed E-state index contributed by atoms with van der Waals surface area (Å²) in [6.07, 6.45) is -0.180. The van der Waals surface area contributed by atoms with Gasteiger partial charge in [0.05, 0.1) is 11.5 Å². The molecule has 3 heteroatoms. The molecule has 1 aromatic rings. The van der Waals surface area contributed by atoms with Crippen molar-refractivity contribution in [1.29, 1.82) is 0 Å². The van der Waals surface area contributed by atoms with Crippen molar-refractivity contribution in [3.63, 3.8) is 0 Å². The summed E-state index contributed by atoms with van der Waals surface area (Å²) in [4.78, 5) is 0. The predicted molar refractivity (Wildman–Crippen MR) is 83.7 cm³/mol. The van der Waals surface area contributed by atoms with Gasteiger partial charge in [0.15, 0.2) is 0 Å². The van der Waals surface area contributed by atoms with Gasteiger partial charge in [-0.25, -0.2) is 8.78 Å². The summed E-state index contributed by atoms with van der Waals surface area (Å²) in [5.74, 6) is -0.581. The minimum atomic E-state index is -2.51. The fourth-order valence-electron chi connectivity index (χ4n) is 2.99. The van der Waals surface area contributed by atoms with E-state index in [0.717, 1.165) is 6.42 Å². The van der Waals surface area contributed by atoms with Crippen molar-refractivity contribution >= 4 is 0 Å². The summed E-state index contributed by atoms with van der Waals surface area (Å²) in [5.41, 5.74) is 0.361. The number of halogens is 2. The molecule has 0 spiro atoms. The van der Waals surface area contributed by atoms with E-state index < -0.39 is 17.9 Å².